The Morgan fingerprint density at radius 2 is 1.62 bits per heavy atom. The predicted molar refractivity (Wildman–Crippen MR) is 96.0 cm³/mol. The van der Waals surface area contributed by atoms with Crippen LogP contribution >= 0.6 is 0 Å². The lowest BCUT2D eigenvalue weighted by molar-refractivity contribution is 0.0927. The molecule has 0 saturated heterocycles. The molecule has 1 heterocycles. The van der Waals surface area contributed by atoms with E-state index in [1.807, 2.05) is 13.0 Å². The number of hydrogen-bond acceptors (Lipinski definition) is 5. The van der Waals surface area contributed by atoms with Gasteiger partial charge in [0, 0.05) is 30.8 Å². The number of aromatic hydroxyl groups is 1. The predicted octanol–water partition coefficient (Wildman–Crippen LogP) is 1.32. The molecule has 0 fully saturated rings. The average molecular weight is 353 g/mol. The molecule has 0 bridgehead atoms. The van der Waals surface area contributed by atoms with Crippen LogP contribution < -0.4 is 10.6 Å². The Balaban J connectivity index is 1.51. The monoisotopic (exact) mass is 353 g/mol. The minimum absolute atomic E-state index is 0.102. The summed E-state index contributed by atoms with van der Waals surface area (Å²) in [5.41, 5.74) is 2.48. The zero-order valence-corrected chi connectivity index (χ0v) is 14.3. The first-order valence-corrected chi connectivity index (χ1v) is 8.27. The fraction of sp³-hybridized carbons (Fsp3) is 0.222. The number of nitrogens with one attached hydrogen (secondary N) is 2. The Kier molecular flexibility index (Phi) is 5.12. The number of phenols is 1. The molecule has 2 aromatic carbocycles. The number of phenolic OH excluding ortho intramolecular Hbond substituents is 1. The van der Waals surface area contributed by atoms with E-state index in [-0.39, 0.29) is 17.6 Å². The Bertz CT molecular complexity index is 934. The average Bonchev–Trinajstić information content (AvgIpc) is 3.07. The highest BCUT2D eigenvalue weighted by Gasteiger charge is 2.10. The van der Waals surface area contributed by atoms with Crippen molar-refractivity contribution in [1.29, 1.82) is 0 Å². The van der Waals surface area contributed by atoms with E-state index < -0.39 is 0 Å². The molecule has 0 aliphatic rings. The number of carbonyl (C=O) groups excluding carboxylic acids is 2. The van der Waals surface area contributed by atoms with Crippen molar-refractivity contribution in [1.82, 2.24) is 25.6 Å². The van der Waals surface area contributed by atoms with Crippen LogP contribution in [0.2, 0.25) is 0 Å². The minimum atomic E-state index is -0.267. The Hall–Kier alpha value is -3.42. The van der Waals surface area contributed by atoms with Crippen molar-refractivity contribution in [3.63, 3.8) is 0 Å². The van der Waals surface area contributed by atoms with Crippen LogP contribution in [0.25, 0.3) is 11.0 Å². The first-order valence-electron chi connectivity index (χ1n) is 8.27. The van der Waals surface area contributed by atoms with Crippen LogP contribution in [-0.2, 0) is 6.54 Å². The molecule has 0 unspecified atom stereocenters. The van der Waals surface area contributed by atoms with Crippen molar-refractivity contribution in [3.05, 3.63) is 53.6 Å². The van der Waals surface area contributed by atoms with E-state index in [0.29, 0.717) is 36.3 Å². The highest BCUT2D eigenvalue weighted by atomic mass is 16.3. The number of nitrogens with zero attached hydrogens (tertiary/aromatic N) is 3. The molecular weight excluding hydrogens is 334 g/mol. The largest absolute Gasteiger partial charge is 0.508 e. The van der Waals surface area contributed by atoms with Gasteiger partial charge in [0.25, 0.3) is 11.8 Å². The zero-order valence-electron chi connectivity index (χ0n) is 14.3. The second-order valence-corrected chi connectivity index (χ2v) is 5.67. The number of aryl methyl sites for hydroxylation is 1. The third kappa shape index (κ3) is 3.80. The molecule has 134 valence electrons. The molecule has 2 amide bonds. The third-order valence-corrected chi connectivity index (χ3v) is 3.90. The van der Waals surface area contributed by atoms with Crippen molar-refractivity contribution < 1.29 is 14.7 Å². The van der Waals surface area contributed by atoms with Gasteiger partial charge in [-0.15, -0.1) is 5.10 Å². The van der Waals surface area contributed by atoms with Gasteiger partial charge in [-0.3, -0.25) is 9.59 Å². The zero-order chi connectivity index (χ0) is 18.5. The van der Waals surface area contributed by atoms with Gasteiger partial charge in [-0.25, -0.2) is 4.68 Å². The molecule has 0 saturated carbocycles. The fourth-order valence-corrected chi connectivity index (χ4v) is 2.52. The molecule has 0 radical (unpaired) electrons. The summed E-state index contributed by atoms with van der Waals surface area (Å²) < 4.78 is 1.76. The molecule has 3 rings (SSSR count). The molecule has 3 aromatic rings. The van der Waals surface area contributed by atoms with E-state index in [4.69, 9.17) is 0 Å². The van der Waals surface area contributed by atoms with E-state index in [2.05, 4.69) is 20.9 Å². The lowest BCUT2D eigenvalue weighted by atomic mass is 10.2. The molecule has 0 aliphatic heterocycles. The fourth-order valence-electron chi connectivity index (χ4n) is 2.52. The standard InChI is InChI=1S/C18H19N5O3/c1-2-23-16-8-5-13(11-15(16)21-22-23)18(26)20-10-9-19-17(25)12-3-6-14(24)7-4-12/h3-8,11,24H,2,9-10H2,1H3,(H,19,25)(H,20,26). The number of amides is 2. The van der Waals surface area contributed by atoms with Crippen molar-refractivity contribution >= 4 is 22.8 Å². The maximum absolute atomic E-state index is 12.2. The van der Waals surface area contributed by atoms with Crippen LogP contribution in [0.5, 0.6) is 5.75 Å². The highest BCUT2D eigenvalue weighted by Crippen LogP contribution is 2.13. The van der Waals surface area contributed by atoms with Crippen LogP contribution in [0.4, 0.5) is 0 Å². The number of fused-ring (bicyclic) bond motifs is 1. The van der Waals surface area contributed by atoms with E-state index in [1.54, 1.807) is 16.8 Å². The van der Waals surface area contributed by atoms with Crippen LogP contribution in [0, 0.1) is 0 Å². The second-order valence-electron chi connectivity index (χ2n) is 5.67. The summed E-state index contributed by atoms with van der Waals surface area (Å²) in [6.45, 7) is 3.27. The van der Waals surface area contributed by atoms with Gasteiger partial charge in [0.15, 0.2) is 0 Å². The number of benzene rings is 2. The second kappa shape index (κ2) is 7.64. The summed E-state index contributed by atoms with van der Waals surface area (Å²) in [5, 5.41) is 22.7. The topological polar surface area (TPSA) is 109 Å². The van der Waals surface area contributed by atoms with E-state index >= 15 is 0 Å². The van der Waals surface area contributed by atoms with Crippen molar-refractivity contribution in [3.8, 4) is 5.75 Å². The maximum atomic E-state index is 12.2. The number of hydrogen-bond donors (Lipinski definition) is 3. The minimum Gasteiger partial charge on any atom is -0.508 e. The molecule has 8 nitrogen and oxygen atoms in total. The summed E-state index contributed by atoms with van der Waals surface area (Å²) >= 11 is 0. The SMILES string of the molecule is CCn1nnc2cc(C(=O)NCCNC(=O)c3ccc(O)cc3)ccc21. The van der Waals surface area contributed by atoms with Crippen molar-refractivity contribution in [2.45, 2.75) is 13.5 Å². The molecule has 3 N–H and O–H groups in total. The summed E-state index contributed by atoms with van der Waals surface area (Å²) in [6.07, 6.45) is 0. The first kappa shape index (κ1) is 17.4. The number of aromatic nitrogens is 3. The molecular formula is C18H19N5O3. The lowest BCUT2D eigenvalue weighted by Gasteiger charge is -2.07. The van der Waals surface area contributed by atoms with Gasteiger partial charge in [-0.1, -0.05) is 5.21 Å². The van der Waals surface area contributed by atoms with E-state index in [9.17, 15) is 14.7 Å². The molecule has 0 atom stereocenters. The van der Waals surface area contributed by atoms with Crippen molar-refractivity contribution in [2.75, 3.05) is 13.1 Å². The molecule has 0 aliphatic carbocycles. The normalized spacial score (nSPS) is 10.7. The summed E-state index contributed by atoms with van der Waals surface area (Å²) in [6, 6.07) is 11.2. The number of carbonyl (C=O) groups is 2. The van der Waals surface area contributed by atoms with E-state index in [0.717, 1.165) is 5.52 Å². The molecule has 26 heavy (non-hydrogen) atoms. The number of rotatable bonds is 6. The quantitative estimate of drug-likeness (QED) is 0.579. The summed E-state index contributed by atoms with van der Waals surface area (Å²) in [5.74, 6) is -0.404. The van der Waals surface area contributed by atoms with Gasteiger partial charge in [0.2, 0.25) is 0 Å². The Morgan fingerprint density at radius 1 is 1.00 bits per heavy atom. The van der Waals surface area contributed by atoms with E-state index in [1.165, 1.54) is 24.3 Å². The van der Waals surface area contributed by atoms with Gasteiger partial charge in [-0.2, -0.15) is 0 Å². The van der Waals surface area contributed by atoms with Gasteiger partial charge in [-0.05, 0) is 49.4 Å². The first-order chi connectivity index (χ1) is 12.6. The smallest absolute Gasteiger partial charge is 0.251 e. The van der Waals surface area contributed by atoms with Crippen molar-refractivity contribution in [2.24, 2.45) is 0 Å². The van der Waals surface area contributed by atoms with Gasteiger partial charge >= 0.3 is 0 Å². The van der Waals surface area contributed by atoms with Crippen LogP contribution in [0.1, 0.15) is 27.6 Å². The third-order valence-electron chi connectivity index (χ3n) is 3.90. The Morgan fingerprint density at radius 3 is 2.27 bits per heavy atom. The highest BCUT2D eigenvalue weighted by molar-refractivity contribution is 5.97. The lowest BCUT2D eigenvalue weighted by Crippen LogP contribution is -2.34. The van der Waals surface area contributed by atoms with Crippen LogP contribution in [0.15, 0.2) is 42.5 Å². The molecule has 8 heteroatoms. The summed E-state index contributed by atoms with van der Waals surface area (Å²) in [7, 11) is 0. The summed E-state index contributed by atoms with van der Waals surface area (Å²) in [4.78, 5) is 24.1. The van der Waals surface area contributed by atoms with Gasteiger partial charge < -0.3 is 15.7 Å². The molecule has 0 spiro atoms. The maximum Gasteiger partial charge on any atom is 0.251 e. The van der Waals surface area contributed by atoms with Crippen LogP contribution in [0.3, 0.4) is 0 Å². The molecule has 1 aromatic heterocycles. The van der Waals surface area contributed by atoms with Gasteiger partial charge in [0.1, 0.15) is 11.3 Å². The van der Waals surface area contributed by atoms with Crippen LogP contribution in [-0.4, -0.2) is 45.0 Å². The van der Waals surface area contributed by atoms with Gasteiger partial charge in [0.05, 0.1) is 5.52 Å². The Labute approximate surface area is 149 Å².